The molecule has 0 radical (unpaired) electrons. The first-order valence-corrected chi connectivity index (χ1v) is 9.27. The quantitative estimate of drug-likeness (QED) is 0.879. The number of carbonyl (C=O) groups is 1. The zero-order valence-corrected chi connectivity index (χ0v) is 14.3. The van der Waals surface area contributed by atoms with Gasteiger partial charge in [0.1, 0.15) is 0 Å². The lowest BCUT2D eigenvalue weighted by Gasteiger charge is -2.26. The molecule has 1 N–H and O–H groups in total. The highest BCUT2D eigenvalue weighted by atomic mass is 32.1. The van der Waals surface area contributed by atoms with E-state index < -0.39 is 0 Å². The molecule has 122 valence electrons. The summed E-state index contributed by atoms with van der Waals surface area (Å²) in [6, 6.07) is 12.6. The number of hydrogen-bond donors (Lipinski definition) is 1. The van der Waals surface area contributed by atoms with Gasteiger partial charge in [-0.25, -0.2) is 0 Å². The summed E-state index contributed by atoms with van der Waals surface area (Å²) in [4.78, 5) is 15.6. The average Bonchev–Trinajstić information content (AvgIpc) is 3.07. The van der Waals surface area contributed by atoms with Gasteiger partial charge in [0, 0.05) is 18.0 Å². The molecule has 1 aromatic carbocycles. The standard InChI is InChI=1S/C19H24N2OS/c22-19(13-18-8-5-11-23-18)20-14-16-6-4-7-17(12-16)15-21-9-2-1-3-10-21/h4-8,11-12H,1-3,9-10,13-15H2,(H,20,22). The Bertz CT molecular complexity index is 618. The van der Waals surface area contributed by atoms with E-state index in [0.29, 0.717) is 13.0 Å². The summed E-state index contributed by atoms with van der Waals surface area (Å²) in [5, 5.41) is 5.03. The maximum atomic E-state index is 12.0. The lowest BCUT2D eigenvalue weighted by Crippen LogP contribution is -2.29. The lowest BCUT2D eigenvalue weighted by molar-refractivity contribution is -0.120. The zero-order valence-electron chi connectivity index (χ0n) is 13.5. The number of nitrogens with zero attached hydrogens (tertiary/aromatic N) is 1. The molecule has 1 aliphatic heterocycles. The summed E-state index contributed by atoms with van der Waals surface area (Å²) in [5.41, 5.74) is 2.52. The topological polar surface area (TPSA) is 32.3 Å². The van der Waals surface area contributed by atoms with Crippen molar-refractivity contribution in [2.24, 2.45) is 0 Å². The summed E-state index contributed by atoms with van der Waals surface area (Å²) in [6.45, 7) is 4.05. The third kappa shape index (κ3) is 5.19. The van der Waals surface area contributed by atoms with E-state index in [1.165, 1.54) is 43.5 Å². The van der Waals surface area contributed by atoms with Crippen molar-refractivity contribution in [1.29, 1.82) is 0 Å². The molecule has 1 amide bonds. The molecule has 0 bridgehead atoms. The predicted molar refractivity (Wildman–Crippen MR) is 95.4 cm³/mol. The number of benzene rings is 1. The van der Waals surface area contributed by atoms with E-state index in [0.717, 1.165) is 11.4 Å². The SMILES string of the molecule is O=C(Cc1cccs1)NCc1cccc(CN2CCCCC2)c1. The number of thiophene rings is 1. The van der Waals surface area contributed by atoms with E-state index in [9.17, 15) is 4.79 Å². The van der Waals surface area contributed by atoms with Gasteiger partial charge in [0.25, 0.3) is 0 Å². The first-order chi connectivity index (χ1) is 11.3. The monoisotopic (exact) mass is 328 g/mol. The Kier molecular flexibility index (Phi) is 5.83. The van der Waals surface area contributed by atoms with Gasteiger partial charge in [0.15, 0.2) is 0 Å². The van der Waals surface area contributed by atoms with Crippen LogP contribution in [0.3, 0.4) is 0 Å². The van der Waals surface area contributed by atoms with Crippen LogP contribution in [0.2, 0.25) is 0 Å². The highest BCUT2D eigenvalue weighted by Gasteiger charge is 2.10. The van der Waals surface area contributed by atoms with Crippen molar-refractivity contribution in [1.82, 2.24) is 10.2 Å². The second-order valence-corrected chi connectivity index (χ2v) is 7.22. The van der Waals surface area contributed by atoms with E-state index in [4.69, 9.17) is 0 Å². The molecule has 2 heterocycles. The molecule has 4 heteroatoms. The molecule has 3 rings (SSSR count). The van der Waals surface area contributed by atoms with Crippen molar-refractivity contribution in [3.63, 3.8) is 0 Å². The van der Waals surface area contributed by atoms with Crippen LogP contribution in [0.1, 0.15) is 35.3 Å². The van der Waals surface area contributed by atoms with Gasteiger partial charge in [-0.1, -0.05) is 36.8 Å². The molecule has 1 aliphatic rings. The molecular weight excluding hydrogens is 304 g/mol. The van der Waals surface area contributed by atoms with Crippen molar-refractivity contribution in [3.8, 4) is 0 Å². The molecule has 0 unspecified atom stereocenters. The first kappa shape index (κ1) is 16.2. The van der Waals surface area contributed by atoms with Crippen molar-refractivity contribution in [2.45, 2.75) is 38.8 Å². The second-order valence-electron chi connectivity index (χ2n) is 6.19. The average molecular weight is 328 g/mol. The molecule has 3 nitrogen and oxygen atoms in total. The minimum Gasteiger partial charge on any atom is -0.352 e. The fourth-order valence-electron chi connectivity index (χ4n) is 3.05. The Morgan fingerprint density at radius 1 is 1.09 bits per heavy atom. The highest BCUT2D eigenvalue weighted by molar-refractivity contribution is 7.10. The van der Waals surface area contributed by atoms with Crippen LogP contribution in [-0.2, 0) is 24.3 Å². The van der Waals surface area contributed by atoms with Gasteiger partial charge in [-0.3, -0.25) is 9.69 Å². The van der Waals surface area contributed by atoms with Gasteiger partial charge >= 0.3 is 0 Å². The van der Waals surface area contributed by atoms with Crippen LogP contribution >= 0.6 is 11.3 Å². The van der Waals surface area contributed by atoms with Crippen molar-refractivity contribution in [2.75, 3.05) is 13.1 Å². The highest BCUT2D eigenvalue weighted by Crippen LogP contribution is 2.14. The molecule has 1 fully saturated rings. The van der Waals surface area contributed by atoms with Crippen LogP contribution in [0.5, 0.6) is 0 Å². The molecule has 0 atom stereocenters. The minimum absolute atomic E-state index is 0.0916. The third-order valence-corrected chi connectivity index (χ3v) is 5.13. The molecule has 0 spiro atoms. The largest absolute Gasteiger partial charge is 0.352 e. The lowest BCUT2D eigenvalue weighted by atomic mass is 10.1. The molecule has 0 aliphatic carbocycles. The zero-order chi connectivity index (χ0) is 15.9. The van der Waals surface area contributed by atoms with Crippen molar-refractivity contribution >= 4 is 17.2 Å². The van der Waals surface area contributed by atoms with Crippen LogP contribution in [-0.4, -0.2) is 23.9 Å². The number of carbonyl (C=O) groups excluding carboxylic acids is 1. The third-order valence-electron chi connectivity index (χ3n) is 4.25. The normalized spacial score (nSPS) is 15.5. The Morgan fingerprint density at radius 3 is 2.70 bits per heavy atom. The molecule has 1 saturated heterocycles. The number of likely N-dealkylation sites (tertiary alicyclic amines) is 1. The number of rotatable bonds is 6. The smallest absolute Gasteiger partial charge is 0.225 e. The maximum Gasteiger partial charge on any atom is 0.225 e. The Morgan fingerprint density at radius 2 is 1.91 bits per heavy atom. The Hall–Kier alpha value is -1.65. The molecule has 0 saturated carbocycles. The predicted octanol–water partition coefficient (Wildman–Crippen LogP) is 3.59. The number of amides is 1. The van der Waals surface area contributed by atoms with Gasteiger partial charge in [0.05, 0.1) is 6.42 Å². The van der Waals surface area contributed by atoms with E-state index >= 15 is 0 Å². The number of nitrogens with one attached hydrogen (secondary N) is 1. The summed E-state index contributed by atoms with van der Waals surface area (Å²) in [7, 11) is 0. The molecule has 2 aromatic rings. The fourth-order valence-corrected chi connectivity index (χ4v) is 3.75. The van der Waals surface area contributed by atoms with Gasteiger partial charge < -0.3 is 5.32 Å². The first-order valence-electron chi connectivity index (χ1n) is 8.39. The van der Waals surface area contributed by atoms with Crippen LogP contribution < -0.4 is 5.32 Å². The van der Waals surface area contributed by atoms with Crippen LogP contribution in [0, 0.1) is 0 Å². The van der Waals surface area contributed by atoms with Gasteiger partial charge in [-0.2, -0.15) is 0 Å². The van der Waals surface area contributed by atoms with E-state index in [1.807, 2.05) is 17.5 Å². The van der Waals surface area contributed by atoms with E-state index in [1.54, 1.807) is 11.3 Å². The summed E-state index contributed by atoms with van der Waals surface area (Å²) >= 11 is 1.63. The second kappa shape index (κ2) is 8.27. The van der Waals surface area contributed by atoms with Crippen LogP contribution in [0.4, 0.5) is 0 Å². The Labute approximate surface area is 142 Å². The minimum atomic E-state index is 0.0916. The summed E-state index contributed by atoms with van der Waals surface area (Å²) < 4.78 is 0. The van der Waals surface area contributed by atoms with Crippen molar-refractivity contribution < 1.29 is 4.79 Å². The van der Waals surface area contributed by atoms with Gasteiger partial charge in [-0.05, 0) is 48.5 Å². The molecule has 1 aromatic heterocycles. The fraction of sp³-hybridized carbons (Fsp3) is 0.421. The molecule has 23 heavy (non-hydrogen) atoms. The summed E-state index contributed by atoms with van der Waals surface area (Å²) in [5.74, 6) is 0.0916. The van der Waals surface area contributed by atoms with E-state index in [2.05, 4.69) is 34.5 Å². The number of hydrogen-bond acceptors (Lipinski definition) is 3. The van der Waals surface area contributed by atoms with Crippen LogP contribution in [0.25, 0.3) is 0 Å². The number of piperidine rings is 1. The van der Waals surface area contributed by atoms with Crippen molar-refractivity contribution in [3.05, 3.63) is 57.8 Å². The van der Waals surface area contributed by atoms with Gasteiger partial charge in [0.2, 0.25) is 5.91 Å². The molecular formula is C19H24N2OS. The van der Waals surface area contributed by atoms with E-state index in [-0.39, 0.29) is 5.91 Å². The van der Waals surface area contributed by atoms with Gasteiger partial charge in [-0.15, -0.1) is 11.3 Å². The maximum absolute atomic E-state index is 12.0. The summed E-state index contributed by atoms with van der Waals surface area (Å²) in [6.07, 6.45) is 4.48. The van der Waals surface area contributed by atoms with Crippen LogP contribution in [0.15, 0.2) is 41.8 Å². The Balaban J connectivity index is 1.49.